The van der Waals surface area contributed by atoms with E-state index in [2.05, 4.69) is 13.8 Å². The molecular weight excluding hydrogens is 1020 g/mol. The van der Waals surface area contributed by atoms with Crippen molar-refractivity contribution in [1.29, 1.82) is 0 Å². The third-order valence-corrected chi connectivity index (χ3v) is 15.1. The van der Waals surface area contributed by atoms with Crippen LogP contribution in [0.5, 0.6) is 0 Å². The fourth-order valence-electron chi connectivity index (χ4n) is 9.12. The number of rotatable bonds is 54. The molecule has 6 atom stereocenters. The molecule has 6 unspecified atom stereocenters. The van der Waals surface area contributed by atoms with E-state index in [1.807, 2.05) is 12.2 Å². The van der Waals surface area contributed by atoms with Crippen LogP contribution in [0.25, 0.3) is 0 Å². The van der Waals surface area contributed by atoms with Crippen LogP contribution in [0.4, 0.5) is 0 Å². The zero-order valence-corrected chi connectivity index (χ0v) is 47.2. The number of carbonyl (C=O) groups is 1. The third-order valence-electron chi connectivity index (χ3n) is 13.1. The number of carbonyl (C=O) groups excluding carboxylic acids is 1. The summed E-state index contributed by atoms with van der Waals surface area (Å²) in [5.41, 5.74) is 0. The molecule has 22 heteroatoms. The van der Waals surface area contributed by atoms with E-state index in [1.165, 1.54) is 0 Å². The summed E-state index contributed by atoms with van der Waals surface area (Å²) >= 11 is 0. The topological polar surface area (TPSA) is 292 Å². The van der Waals surface area contributed by atoms with Crippen LogP contribution < -0.4 is 0 Å². The third kappa shape index (κ3) is 49.7. The molecule has 0 rings (SSSR count). The van der Waals surface area contributed by atoms with E-state index in [9.17, 15) is 52.7 Å². The first-order valence-corrected chi connectivity index (χ1v) is 32.9. The van der Waals surface area contributed by atoms with Crippen molar-refractivity contribution >= 4 is 47.9 Å². The first-order chi connectivity index (χ1) is 34.1. The van der Waals surface area contributed by atoms with E-state index in [1.54, 1.807) is 0 Å². The molecular formula is C50H98O18S4. The maximum atomic E-state index is 11.8. The second kappa shape index (κ2) is 43.9. The fraction of sp³-hybridized carbons (Fsp3) is 0.940. The first-order valence-electron chi connectivity index (χ1n) is 27.5. The Morgan fingerprint density at radius 2 is 0.625 bits per heavy atom. The van der Waals surface area contributed by atoms with Crippen molar-refractivity contribution in [2.45, 2.75) is 295 Å². The highest BCUT2D eigenvalue weighted by atomic mass is 32.3. The summed E-state index contributed by atoms with van der Waals surface area (Å²) in [5, 5.41) is 10.7. The number of hydrogen-bond donors (Lipinski definition) is 5. The Labute approximate surface area is 437 Å². The summed E-state index contributed by atoms with van der Waals surface area (Å²) in [4.78, 5) is 11.8. The van der Waals surface area contributed by atoms with Crippen LogP contribution in [0.1, 0.15) is 264 Å². The van der Waals surface area contributed by atoms with Crippen LogP contribution in [0.2, 0.25) is 0 Å². The molecule has 0 aromatic carbocycles. The van der Waals surface area contributed by atoms with E-state index in [4.69, 9.17) is 25.8 Å². The van der Waals surface area contributed by atoms with Crippen molar-refractivity contribution in [3.8, 4) is 0 Å². The monoisotopic (exact) mass is 1110 g/mol. The van der Waals surface area contributed by atoms with Crippen molar-refractivity contribution in [2.75, 3.05) is 0 Å². The molecule has 0 saturated carbocycles. The highest BCUT2D eigenvalue weighted by Crippen LogP contribution is 2.23. The predicted octanol–water partition coefficient (Wildman–Crippen LogP) is 12.7. The number of aliphatic hydroxyl groups is 1. The molecule has 0 aliphatic carbocycles. The minimum absolute atomic E-state index is 0.0816. The van der Waals surface area contributed by atoms with Crippen molar-refractivity contribution < 1.29 is 78.5 Å². The van der Waals surface area contributed by atoms with Gasteiger partial charge in [0, 0.05) is 5.92 Å². The first kappa shape index (κ1) is 70.8. The number of aliphatic hydroxyl groups excluding tert-OH is 1. The molecule has 0 aliphatic heterocycles. The van der Waals surface area contributed by atoms with Gasteiger partial charge in [0.05, 0.1) is 24.4 Å². The van der Waals surface area contributed by atoms with Gasteiger partial charge in [0.25, 0.3) is 0 Å². The van der Waals surface area contributed by atoms with Crippen LogP contribution in [0, 0.1) is 5.92 Å². The van der Waals surface area contributed by atoms with E-state index >= 15 is 0 Å². The Balaban J connectivity index is 4.37. The van der Waals surface area contributed by atoms with Crippen molar-refractivity contribution in [2.24, 2.45) is 5.92 Å². The Bertz CT molecular complexity index is 1780. The molecule has 0 heterocycles. The minimum atomic E-state index is -4.76. The molecule has 0 aromatic rings. The lowest BCUT2D eigenvalue weighted by Crippen LogP contribution is -2.31. The molecule has 0 aromatic heterocycles. The predicted molar refractivity (Wildman–Crippen MR) is 282 cm³/mol. The summed E-state index contributed by atoms with van der Waals surface area (Å²) in [6.07, 6.45) is 31.5. The van der Waals surface area contributed by atoms with Gasteiger partial charge in [0.1, 0.15) is 12.4 Å². The van der Waals surface area contributed by atoms with E-state index in [-0.39, 0.29) is 18.8 Å². The van der Waals surface area contributed by atoms with Crippen LogP contribution in [0.3, 0.4) is 0 Å². The van der Waals surface area contributed by atoms with Gasteiger partial charge in [-0.05, 0) is 83.5 Å². The summed E-state index contributed by atoms with van der Waals surface area (Å²) in [5.74, 6) is -0.0816. The smallest absolute Gasteiger partial charge is 0.390 e. The Morgan fingerprint density at radius 1 is 0.347 bits per heavy atom. The zero-order valence-electron chi connectivity index (χ0n) is 43.9. The minimum Gasteiger partial charge on any atom is -0.390 e. The molecule has 0 radical (unpaired) electrons. The van der Waals surface area contributed by atoms with Gasteiger partial charge >= 0.3 is 41.6 Å². The van der Waals surface area contributed by atoms with Crippen LogP contribution in [-0.2, 0) is 63.1 Å². The number of hydrogen-bond acceptors (Lipinski definition) is 14. The average molecular weight is 1120 g/mol. The zero-order chi connectivity index (χ0) is 54.0. The van der Waals surface area contributed by atoms with Crippen molar-refractivity contribution in [3.63, 3.8) is 0 Å². The fourth-order valence-corrected chi connectivity index (χ4v) is 11.3. The lowest BCUT2D eigenvalue weighted by atomic mass is 9.95. The SMILES string of the molecule is CCCCCCC(CCCCCCCCCC(CCCCCC(C=O)CCCC/C=C\CCC(O)C(CCCCCCCCCC(CCCCCC)OS(=O)(=O)O)OS(=O)(=O)O)OS(=O)(=O)O)OS(=O)(=O)O. The van der Waals surface area contributed by atoms with Gasteiger partial charge in [0.15, 0.2) is 0 Å². The summed E-state index contributed by atoms with van der Waals surface area (Å²) in [6.45, 7) is 4.19. The number of aldehydes is 1. The highest BCUT2D eigenvalue weighted by molar-refractivity contribution is 7.81. The van der Waals surface area contributed by atoms with Gasteiger partial charge in [-0.2, -0.15) is 33.7 Å². The molecule has 0 saturated heterocycles. The van der Waals surface area contributed by atoms with Gasteiger partial charge in [0.2, 0.25) is 0 Å². The van der Waals surface area contributed by atoms with Crippen molar-refractivity contribution in [1.82, 2.24) is 0 Å². The van der Waals surface area contributed by atoms with Gasteiger partial charge in [-0.3, -0.25) is 18.2 Å². The Kier molecular flexibility index (Phi) is 43.2. The lowest BCUT2D eigenvalue weighted by Gasteiger charge is -2.21. The number of allylic oxidation sites excluding steroid dienone is 2. The maximum Gasteiger partial charge on any atom is 0.397 e. The summed E-state index contributed by atoms with van der Waals surface area (Å²) in [7, 11) is -18.3. The Hall–Kier alpha value is -1.15. The van der Waals surface area contributed by atoms with Gasteiger partial charge < -0.3 is 9.90 Å². The molecule has 0 aliphatic rings. The highest BCUT2D eigenvalue weighted by Gasteiger charge is 2.25. The van der Waals surface area contributed by atoms with Gasteiger partial charge in [-0.1, -0.05) is 193 Å². The van der Waals surface area contributed by atoms with Crippen LogP contribution in [0.15, 0.2) is 12.2 Å². The van der Waals surface area contributed by atoms with E-state index in [0.717, 1.165) is 186 Å². The molecule has 72 heavy (non-hydrogen) atoms. The molecule has 0 amide bonds. The molecule has 430 valence electrons. The van der Waals surface area contributed by atoms with Gasteiger partial charge in [-0.25, -0.2) is 16.7 Å². The molecule has 0 spiro atoms. The van der Waals surface area contributed by atoms with Crippen molar-refractivity contribution in [3.05, 3.63) is 12.2 Å². The van der Waals surface area contributed by atoms with Crippen LogP contribution in [-0.4, -0.2) is 93.8 Å². The molecule has 0 bridgehead atoms. The van der Waals surface area contributed by atoms with E-state index in [0.29, 0.717) is 57.8 Å². The lowest BCUT2D eigenvalue weighted by molar-refractivity contribution is -0.111. The molecule has 18 nitrogen and oxygen atoms in total. The molecule has 5 N–H and O–H groups in total. The second-order valence-corrected chi connectivity index (χ2v) is 23.9. The quantitative estimate of drug-likeness (QED) is 0.0164. The Morgan fingerprint density at radius 3 is 0.958 bits per heavy atom. The second-order valence-electron chi connectivity index (χ2n) is 19.7. The summed E-state index contributed by atoms with van der Waals surface area (Å²) < 4.78 is 147. The standard InChI is InChI=1S/C50H98O18S4/c1-3-5-7-26-36-46(65-69(53,54)55)38-28-18-11-9-12-19-30-40-48(67-71(59,60)61)41-31-23-25-35-45(44-51)34-24-17-15-16-21-32-42-49(52)50(68-72(62,63)64)43-33-22-14-10-13-20-29-39-47(66-70(56,57)58)37-27-8-6-4-2/h16,21,44-50,52H,3-15,17-20,22-43H2,1-2H3,(H,53,54,55)(H,56,57,58)(H,59,60,61)(H,62,63,64)/b21-16-. The summed E-state index contributed by atoms with van der Waals surface area (Å²) in [6, 6.07) is 0. The van der Waals surface area contributed by atoms with Crippen LogP contribution >= 0.6 is 0 Å². The van der Waals surface area contributed by atoms with E-state index < -0.39 is 72.1 Å². The number of unbranched alkanes of at least 4 members (excludes halogenated alkanes) is 22. The largest absolute Gasteiger partial charge is 0.397 e. The molecule has 0 fully saturated rings. The van der Waals surface area contributed by atoms with Gasteiger partial charge in [-0.15, -0.1) is 0 Å². The average Bonchev–Trinajstić information content (AvgIpc) is 3.28. The maximum absolute atomic E-state index is 11.8. The normalized spacial score (nSPS) is 15.4.